The van der Waals surface area contributed by atoms with Gasteiger partial charge in [-0.1, -0.05) is 5.11 Å². The molecule has 1 aromatic carbocycles. The molecule has 10 heteroatoms. The molecule has 0 saturated carbocycles. The summed E-state index contributed by atoms with van der Waals surface area (Å²) in [7, 11) is 0. The molecule has 3 heterocycles. The molecule has 1 aliphatic rings. The van der Waals surface area contributed by atoms with Crippen molar-refractivity contribution in [2.45, 2.75) is 32.9 Å². The number of aromatic nitrogens is 4. The minimum absolute atomic E-state index is 0.0294. The van der Waals surface area contributed by atoms with Gasteiger partial charge in [0.1, 0.15) is 11.5 Å². The summed E-state index contributed by atoms with van der Waals surface area (Å²) in [5.41, 5.74) is 11.1. The lowest BCUT2D eigenvalue weighted by molar-refractivity contribution is 0.517. The zero-order valence-electron chi connectivity index (χ0n) is 17.0. The second-order valence-corrected chi connectivity index (χ2v) is 7.48. The summed E-state index contributed by atoms with van der Waals surface area (Å²) in [6, 6.07) is 7.91. The number of anilines is 3. The fourth-order valence-corrected chi connectivity index (χ4v) is 3.58. The molecule has 4 rings (SSSR count). The van der Waals surface area contributed by atoms with Gasteiger partial charge >= 0.3 is 0 Å². The monoisotopic (exact) mass is 407 g/mol. The van der Waals surface area contributed by atoms with Gasteiger partial charge in [-0.3, -0.25) is 0 Å². The van der Waals surface area contributed by atoms with E-state index in [1.165, 1.54) is 6.20 Å². The summed E-state index contributed by atoms with van der Waals surface area (Å²) in [6.07, 6.45) is 2.80. The van der Waals surface area contributed by atoms with Crippen LogP contribution in [0.4, 0.5) is 21.7 Å². The lowest BCUT2D eigenvalue weighted by Gasteiger charge is -2.38. The number of aryl methyl sites for hydroxylation is 1. The number of hydrogen-bond donors (Lipinski definition) is 1. The van der Waals surface area contributed by atoms with Crippen LogP contribution in [-0.4, -0.2) is 38.7 Å². The van der Waals surface area contributed by atoms with Crippen LogP contribution >= 0.6 is 0 Å². The smallest absolute Gasteiger partial charge is 0.227 e. The second kappa shape index (κ2) is 8.00. The molecule has 0 radical (unpaired) electrons. The highest BCUT2D eigenvalue weighted by molar-refractivity contribution is 5.62. The number of benzene rings is 1. The number of hydrogen-bond acceptors (Lipinski definition) is 6. The van der Waals surface area contributed by atoms with Crippen molar-refractivity contribution < 1.29 is 4.39 Å². The SMILES string of the molecule is Cc1ncc(-c2nc(Nc3ccc(N4CC(N=[N+]=[N-])C4)cc3)ncc2F)n1C(C)C. The lowest BCUT2D eigenvalue weighted by atomic mass is 10.1. The van der Waals surface area contributed by atoms with Crippen molar-refractivity contribution in [1.82, 2.24) is 19.5 Å². The molecule has 3 aromatic rings. The lowest BCUT2D eigenvalue weighted by Crippen LogP contribution is -2.49. The quantitative estimate of drug-likeness (QED) is 0.365. The minimum atomic E-state index is -0.495. The summed E-state index contributed by atoms with van der Waals surface area (Å²) in [4.78, 5) is 17.7. The average molecular weight is 407 g/mol. The first-order valence-corrected chi connectivity index (χ1v) is 9.69. The highest BCUT2D eigenvalue weighted by Crippen LogP contribution is 2.28. The van der Waals surface area contributed by atoms with E-state index in [4.69, 9.17) is 5.53 Å². The fraction of sp³-hybridized carbons (Fsp3) is 0.350. The van der Waals surface area contributed by atoms with Crippen LogP contribution in [0.15, 0.2) is 41.8 Å². The molecule has 154 valence electrons. The van der Waals surface area contributed by atoms with E-state index in [0.717, 1.165) is 17.2 Å². The topological polar surface area (TPSA) is 108 Å². The maximum atomic E-state index is 14.5. The Hall–Kier alpha value is -3.65. The molecule has 1 aliphatic heterocycles. The summed E-state index contributed by atoms with van der Waals surface area (Å²) in [5.74, 6) is 0.613. The Balaban J connectivity index is 1.52. The average Bonchev–Trinajstić information content (AvgIpc) is 3.08. The van der Waals surface area contributed by atoms with Gasteiger partial charge in [-0.05, 0) is 50.6 Å². The highest BCUT2D eigenvalue weighted by Gasteiger charge is 2.25. The number of nitrogens with one attached hydrogen (secondary N) is 1. The summed E-state index contributed by atoms with van der Waals surface area (Å²) in [5, 5.41) is 6.84. The first-order valence-electron chi connectivity index (χ1n) is 9.69. The van der Waals surface area contributed by atoms with Crippen LogP contribution in [0.2, 0.25) is 0 Å². The maximum Gasteiger partial charge on any atom is 0.227 e. The number of nitrogens with zero attached hydrogens (tertiary/aromatic N) is 8. The molecule has 9 nitrogen and oxygen atoms in total. The molecule has 0 atom stereocenters. The molecular formula is C20H22FN9. The van der Waals surface area contributed by atoms with Crippen molar-refractivity contribution in [1.29, 1.82) is 0 Å². The van der Waals surface area contributed by atoms with Crippen LogP contribution in [0.1, 0.15) is 25.7 Å². The van der Waals surface area contributed by atoms with Crippen LogP contribution in [0.3, 0.4) is 0 Å². The van der Waals surface area contributed by atoms with Gasteiger partial charge in [-0.25, -0.2) is 19.3 Å². The molecular weight excluding hydrogens is 385 g/mol. The van der Waals surface area contributed by atoms with Gasteiger partial charge in [-0.15, -0.1) is 0 Å². The van der Waals surface area contributed by atoms with Crippen LogP contribution in [-0.2, 0) is 0 Å². The third-order valence-corrected chi connectivity index (χ3v) is 5.05. The van der Waals surface area contributed by atoms with Gasteiger partial charge in [0.2, 0.25) is 5.95 Å². The third kappa shape index (κ3) is 3.77. The maximum absolute atomic E-state index is 14.5. The largest absolute Gasteiger partial charge is 0.371 e. The summed E-state index contributed by atoms with van der Waals surface area (Å²) >= 11 is 0. The van der Waals surface area contributed by atoms with Gasteiger partial charge in [0.25, 0.3) is 0 Å². The molecule has 2 aromatic heterocycles. The van der Waals surface area contributed by atoms with E-state index in [9.17, 15) is 4.39 Å². The molecule has 1 fully saturated rings. The standard InChI is InChI=1S/C20H22FN9/c1-12(2)30-13(3)23-9-18(30)19-17(21)8-24-20(26-19)25-14-4-6-16(7-5-14)29-10-15(11-29)27-28-22/h4-9,12,15H,10-11H2,1-3H3,(H,24,25,26). The van der Waals surface area contributed by atoms with Crippen molar-refractivity contribution in [3.8, 4) is 11.4 Å². The van der Waals surface area contributed by atoms with Crippen molar-refractivity contribution >= 4 is 17.3 Å². The van der Waals surface area contributed by atoms with Crippen LogP contribution < -0.4 is 10.2 Å². The van der Waals surface area contributed by atoms with E-state index < -0.39 is 5.82 Å². The molecule has 0 aliphatic carbocycles. The normalized spacial score (nSPS) is 13.8. The van der Waals surface area contributed by atoms with E-state index in [1.807, 2.05) is 49.6 Å². The Morgan fingerprint density at radius 2 is 1.93 bits per heavy atom. The van der Waals surface area contributed by atoms with Crippen molar-refractivity contribution in [2.24, 2.45) is 5.11 Å². The van der Waals surface area contributed by atoms with Gasteiger partial charge in [0, 0.05) is 35.4 Å². The molecule has 0 amide bonds. The molecule has 0 bridgehead atoms. The van der Waals surface area contributed by atoms with Crippen LogP contribution in [0.25, 0.3) is 21.8 Å². The summed E-state index contributed by atoms with van der Waals surface area (Å²) in [6.45, 7) is 7.35. The van der Waals surface area contributed by atoms with Crippen LogP contribution in [0, 0.1) is 12.7 Å². The Labute approximate surface area is 173 Å². The third-order valence-electron chi connectivity index (χ3n) is 5.05. The molecule has 0 spiro atoms. The first kappa shape index (κ1) is 19.7. The molecule has 1 N–H and O–H groups in total. The molecule has 30 heavy (non-hydrogen) atoms. The number of rotatable bonds is 6. The fourth-order valence-electron chi connectivity index (χ4n) is 3.58. The minimum Gasteiger partial charge on any atom is -0.371 e. The predicted octanol–water partition coefficient (Wildman–Crippen LogP) is 4.61. The number of halogens is 1. The Morgan fingerprint density at radius 1 is 1.20 bits per heavy atom. The summed E-state index contributed by atoms with van der Waals surface area (Å²) < 4.78 is 16.4. The Morgan fingerprint density at radius 3 is 2.60 bits per heavy atom. The first-order chi connectivity index (χ1) is 14.5. The van der Waals surface area contributed by atoms with Gasteiger partial charge < -0.3 is 14.8 Å². The zero-order valence-corrected chi connectivity index (χ0v) is 17.0. The van der Waals surface area contributed by atoms with Crippen LogP contribution in [0.5, 0.6) is 0 Å². The molecule has 1 saturated heterocycles. The molecule has 0 unspecified atom stereocenters. The van der Waals surface area contributed by atoms with E-state index in [-0.39, 0.29) is 17.8 Å². The zero-order chi connectivity index (χ0) is 21.3. The van der Waals surface area contributed by atoms with E-state index in [2.05, 4.69) is 35.2 Å². The Bertz CT molecular complexity index is 1090. The van der Waals surface area contributed by atoms with Gasteiger partial charge in [0.15, 0.2) is 5.82 Å². The van der Waals surface area contributed by atoms with Crippen molar-refractivity contribution in [2.75, 3.05) is 23.3 Å². The van der Waals surface area contributed by atoms with Gasteiger partial charge in [-0.2, -0.15) is 0 Å². The number of azide groups is 1. The second-order valence-electron chi connectivity index (χ2n) is 7.48. The highest BCUT2D eigenvalue weighted by atomic mass is 19.1. The predicted molar refractivity (Wildman–Crippen MR) is 113 cm³/mol. The van der Waals surface area contributed by atoms with Crippen molar-refractivity contribution in [3.63, 3.8) is 0 Å². The number of imidazole rings is 1. The van der Waals surface area contributed by atoms with E-state index in [0.29, 0.717) is 24.7 Å². The Kier molecular flexibility index (Phi) is 5.24. The van der Waals surface area contributed by atoms with E-state index >= 15 is 0 Å². The van der Waals surface area contributed by atoms with E-state index in [1.54, 1.807) is 6.20 Å². The van der Waals surface area contributed by atoms with Crippen molar-refractivity contribution in [3.05, 3.63) is 58.7 Å². The van der Waals surface area contributed by atoms with Gasteiger partial charge in [0.05, 0.1) is 24.1 Å².